The summed E-state index contributed by atoms with van der Waals surface area (Å²) in [5.74, 6) is 0. The first kappa shape index (κ1) is 32.5. The molecule has 0 amide bonds. The van der Waals surface area contributed by atoms with Gasteiger partial charge in [-0.15, -0.1) is 10.9 Å². The van der Waals surface area contributed by atoms with Gasteiger partial charge in [-0.1, -0.05) is 154 Å². The van der Waals surface area contributed by atoms with Crippen LogP contribution in [0.4, 0.5) is 0 Å². The molecule has 7 rings (SSSR count). The van der Waals surface area contributed by atoms with E-state index < -0.39 is 21.9 Å². The van der Waals surface area contributed by atoms with Crippen molar-refractivity contribution in [2.75, 3.05) is 0 Å². The minimum absolute atomic E-state index is 0. The van der Waals surface area contributed by atoms with E-state index in [0.29, 0.717) is 0 Å². The molecule has 0 heterocycles. The Morgan fingerprint density at radius 2 is 0.933 bits per heavy atom. The zero-order valence-corrected chi connectivity index (χ0v) is 27.6. The van der Waals surface area contributed by atoms with Crippen LogP contribution in [-0.2, 0) is 17.1 Å². The summed E-state index contributed by atoms with van der Waals surface area (Å²) < 4.78 is 0. The zero-order valence-electron chi connectivity index (χ0n) is 24.7. The molecule has 1 unspecified atom stereocenters. The van der Waals surface area contributed by atoms with E-state index in [1.807, 2.05) is 36.4 Å². The van der Waals surface area contributed by atoms with E-state index in [4.69, 9.17) is 0 Å². The monoisotopic (exact) mass is 660 g/mol. The van der Waals surface area contributed by atoms with Crippen LogP contribution in [0.5, 0.6) is 0 Å². The van der Waals surface area contributed by atoms with Crippen LogP contribution >= 0.6 is 15.8 Å². The van der Waals surface area contributed by atoms with E-state index in [1.165, 1.54) is 31.8 Å². The molecular formula is C41H34FeOP2. The molecule has 0 aliphatic heterocycles. The molecule has 222 valence electrons. The zero-order chi connectivity index (χ0) is 30.0. The van der Waals surface area contributed by atoms with Gasteiger partial charge in [-0.2, -0.15) is 24.3 Å². The normalized spacial score (nSPS) is 11.4. The average Bonchev–Trinajstić information content (AvgIpc) is 3.84. The van der Waals surface area contributed by atoms with Crippen LogP contribution in [0.3, 0.4) is 0 Å². The maximum Gasteiger partial charge on any atom is 2.00 e. The van der Waals surface area contributed by atoms with E-state index in [0.717, 1.165) is 11.1 Å². The van der Waals surface area contributed by atoms with Gasteiger partial charge in [0.1, 0.15) is 0 Å². The van der Waals surface area contributed by atoms with Gasteiger partial charge < -0.3 is 5.11 Å². The van der Waals surface area contributed by atoms with Gasteiger partial charge in [0.05, 0.1) is 6.10 Å². The van der Waals surface area contributed by atoms with Crippen LogP contribution in [0.25, 0.3) is 0 Å². The molecule has 7 aromatic rings. The van der Waals surface area contributed by atoms with Gasteiger partial charge in [0.15, 0.2) is 0 Å². The molecule has 0 saturated carbocycles. The summed E-state index contributed by atoms with van der Waals surface area (Å²) in [6, 6.07) is 67.6. The Hall–Kier alpha value is -3.86. The molecule has 0 spiro atoms. The summed E-state index contributed by atoms with van der Waals surface area (Å²) in [6.07, 6.45) is -0.735. The van der Waals surface area contributed by atoms with Crippen molar-refractivity contribution in [2.24, 2.45) is 0 Å². The van der Waals surface area contributed by atoms with Gasteiger partial charge in [-0.3, -0.25) is 0 Å². The third-order valence-corrected chi connectivity index (χ3v) is 12.5. The molecule has 4 heteroatoms. The van der Waals surface area contributed by atoms with Crippen molar-refractivity contribution < 1.29 is 22.2 Å². The van der Waals surface area contributed by atoms with Gasteiger partial charge in [0.25, 0.3) is 0 Å². The van der Waals surface area contributed by atoms with Gasteiger partial charge >= 0.3 is 17.1 Å². The predicted molar refractivity (Wildman–Crippen MR) is 192 cm³/mol. The minimum atomic E-state index is -0.842. The summed E-state index contributed by atoms with van der Waals surface area (Å²) in [7, 11) is -1.66. The molecular weight excluding hydrogens is 626 g/mol. The summed E-state index contributed by atoms with van der Waals surface area (Å²) in [4.78, 5) is 0. The minimum Gasteiger partial charge on any atom is -0.386 e. The second kappa shape index (κ2) is 16.4. The van der Waals surface area contributed by atoms with Crippen molar-refractivity contribution in [1.29, 1.82) is 0 Å². The maximum absolute atomic E-state index is 12.1. The first-order chi connectivity index (χ1) is 21.8. The van der Waals surface area contributed by atoms with Gasteiger partial charge in [-0.05, 0) is 40.0 Å². The van der Waals surface area contributed by atoms with Crippen molar-refractivity contribution in [3.63, 3.8) is 0 Å². The molecule has 0 bridgehead atoms. The fraction of sp³-hybridized carbons (Fsp3) is 0.0244. The first-order valence-corrected chi connectivity index (χ1v) is 17.5. The van der Waals surface area contributed by atoms with Crippen LogP contribution in [0.1, 0.15) is 17.2 Å². The van der Waals surface area contributed by atoms with Crippen LogP contribution in [0.15, 0.2) is 194 Å². The Morgan fingerprint density at radius 1 is 0.489 bits per heavy atom. The summed E-state index contributed by atoms with van der Waals surface area (Å²) >= 11 is 0. The molecule has 1 atom stereocenters. The second-order valence-corrected chi connectivity index (χ2v) is 14.7. The number of aliphatic hydroxyl groups excluding tert-OH is 1. The molecule has 1 nitrogen and oxygen atoms in total. The molecule has 0 aromatic heterocycles. The van der Waals surface area contributed by atoms with Gasteiger partial charge in [0, 0.05) is 0 Å². The quantitative estimate of drug-likeness (QED) is 0.102. The van der Waals surface area contributed by atoms with Crippen molar-refractivity contribution in [1.82, 2.24) is 0 Å². The number of hydrogen-bond donors (Lipinski definition) is 1. The average molecular weight is 661 g/mol. The molecule has 7 aromatic carbocycles. The van der Waals surface area contributed by atoms with E-state index in [-0.39, 0.29) is 17.1 Å². The SMILES string of the molecule is OC(c1ccccc1P(c1ccccc1)c1ccccc1)c1ccc[c-]1P(c1ccccc1)c1ccccc1.[Fe+2].c1cc[cH-]c1. The fourth-order valence-corrected chi connectivity index (χ4v) is 10.4. The second-order valence-electron chi connectivity index (χ2n) is 10.3. The Morgan fingerprint density at radius 3 is 1.40 bits per heavy atom. The Labute approximate surface area is 280 Å². The molecule has 0 saturated heterocycles. The fourth-order valence-electron chi connectivity index (χ4n) is 5.43. The number of aliphatic hydroxyl groups is 1. The van der Waals surface area contributed by atoms with Crippen LogP contribution in [0, 0.1) is 0 Å². The number of benzene rings is 5. The smallest absolute Gasteiger partial charge is 0.386 e. The van der Waals surface area contributed by atoms with Crippen molar-refractivity contribution in [3.8, 4) is 0 Å². The standard InChI is InChI=1S/C36H29OP2.C5H5.Fe/c37-36(33-25-15-27-35(33)39(30-20-9-3-10-21-30)31-22-11-4-12-23-31)32-24-13-14-26-34(32)38(28-16-5-1-6-17-28)29-18-7-2-8-19-29;1-2-4-5-3-1;/h1-27,36-37H;1-5H;/q2*-1;+2. The van der Waals surface area contributed by atoms with E-state index in [1.54, 1.807) is 0 Å². The van der Waals surface area contributed by atoms with E-state index >= 15 is 0 Å². The third kappa shape index (κ3) is 7.87. The summed E-state index contributed by atoms with van der Waals surface area (Å²) in [5, 5.41) is 19.6. The van der Waals surface area contributed by atoms with Crippen LogP contribution < -0.4 is 31.8 Å². The molecule has 0 fully saturated rings. The molecule has 1 N–H and O–H groups in total. The summed E-state index contributed by atoms with van der Waals surface area (Å²) in [6.45, 7) is 0. The van der Waals surface area contributed by atoms with Crippen LogP contribution in [-0.4, -0.2) is 5.11 Å². The van der Waals surface area contributed by atoms with Crippen molar-refractivity contribution >= 4 is 47.7 Å². The predicted octanol–water partition coefficient (Wildman–Crippen LogP) is 7.41. The van der Waals surface area contributed by atoms with Crippen molar-refractivity contribution in [3.05, 3.63) is 205 Å². The summed E-state index contributed by atoms with van der Waals surface area (Å²) in [5.41, 5.74) is 1.96. The molecule has 0 aliphatic rings. The number of rotatable bonds is 8. The Balaban J connectivity index is 0.000000609. The van der Waals surface area contributed by atoms with E-state index in [2.05, 4.69) is 158 Å². The van der Waals surface area contributed by atoms with Gasteiger partial charge in [-0.25, -0.2) is 24.3 Å². The Kier molecular flexibility index (Phi) is 11.9. The third-order valence-electron chi connectivity index (χ3n) is 7.45. The Bertz CT molecular complexity index is 1720. The molecule has 45 heavy (non-hydrogen) atoms. The topological polar surface area (TPSA) is 20.2 Å². The van der Waals surface area contributed by atoms with Gasteiger partial charge in [0.2, 0.25) is 0 Å². The van der Waals surface area contributed by atoms with E-state index in [9.17, 15) is 5.11 Å². The van der Waals surface area contributed by atoms with Crippen molar-refractivity contribution in [2.45, 2.75) is 6.10 Å². The molecule has 0 aliphatic carbocycles. The first-order valence-electron chi connectivity index (χ1n) is 14.8. The maximum atomic E-state index is 12.1. The number of hydrogen-bond acceptors (Lipinski definition) is 1. The molecule has 0 radical (unpaired) electrons. The largest absolute Gasteiger partial charge is 2.00 e. The van der Waals surface area contributed by atoms with Crippen LogP contribution in [0.2, 0.25) is 0 Å².